The number of aliphatic imine (C=N–C) groups is 1. The van der Waals surface area contributed by atoms with E-state index >= 15 is 0 Å². The van der Waals surface area contributed by atoms with Crippen LogP contribution in [0.3, 0.4) is 0 Å². The Morgan fingerprint density at radius 3 is 2.25 bits per heavy atom. The molecule has 118 valence electrons. The lowest BCUT2D eigenvalue weighted by Crippen LogP contribution is -2.43. The van der Waals surface area contributed by atoms with Crippen LogP contribution in [0.1, 0.15) is 40.5 Å². The molecular formula is C14H29IN4O. The molecule has 1 amide bonds. The summed E-state index contributed by atoms with van der Waals surface area (Å²) in [6, 6.07) is 0. The minimum absolute atomic E-state index is 0. The summed E-state index contributed by atoms with van der Waals surface area (Å²) in [5.41, 5.74) is -0.329. The molecule has 3 N–H and O–H groups in total. The van der Waals surface area contributed by atoms with Crippen molar-refractivity contribution < 1.29 is 4.79 Å². The maximum atomic E-state index is 11.7. The minimum atomic E-state index is -0.329. The summed E-state index contributed by atoms with van der Waals surface area (Å²) in [7, 11) is 0. The van der Waals surface area contributed by atoms with Gasteiger partial charge in [-0.2, -0.15) is 0 Å². The molecule has 0 saturated heterocycles. The predicted octanol–water partition coefficient (Wildman–Crippen LogP) is 1.73. The smallest absolute Gasteiger partial charge is 0.225 e. The van der Waals surface area contributed by atoms with Crippen molar-refractivity contribution in [1.82, 2.24) is 16.0 Å². The first kappa shape index (κ1) is 19.5. The lowest BCUT2D eigenvalue weighted by Gasteiger charge is -2.18. The third-order valence-corrected chi connectivity index (χ3v) is 2.93. The Bertz CT molecular complexity index is 322. The number of halogens is 1. The Labute approximate surface area is 139 Å². The van der Waals surface area contributed by atoms with Crippen molar-refractivity contribution in [3.05, 3.63) is 0 Å². The summed E-state index contributed by atoms with van der Waals surface area (Å²) in [4.78, 5) is 16.2. The molecule has 0 atom stereocenters. The van der Waals surface area contributed by atoms with Gasteiger partial charge in [0.1, 0.15) is 0 Å². The van der Waals surface area contributed by atoms with Crippen LogP contribution >= 0.6 is 24.0 Å². The van der Waals surface area contributed by atoms with Crippen LogP contribution in [0.4, 0.5) is 0 Å². The quantitative estimate of drug-likeness (QED) is 0.277. The first-order chi connectivity index (χ1) is 8.93. The van der Waals surface area contributed by atoms with Crippen LogP contribution in [0, 0.1) is 11.3 Å². The van der Waals surface area contributed by atoms with Gasteiger partial charge in [-0.1, -0.05) is 20.8 Å². The topological polar surface area (TPSA) is 65.5 Å². The number of hydrogen-bond acceptors (Lipinski definition) is 2. The Balaban J connectivity index is 0.00000361. The fourth-order valence-corrected chi connectivity index (χ4v) is 1.48. The molecule has 1 saturated carbocycles. The van der Waals surface area contributed by atoms with Gasteiger partial charge in [0, 0.05) is 31.6 Å². The zero-order valence-electron chi connectivity index (χ0n) is 13.1. The van der Waals surface area contributed by atoms with Gasteiger partial charge in [-0.15, -0.1) is 24.0 Å². The Morgan fingerprint density at radius 2 is 1.75 bits per heavy atom. The normalized spacial score (nSPS) is 15.3. The molecule has 0 spiro atoms. The molecule has 0 aromatic rings. The molecular weight excluding hydrogens is 367 g/mol. The van der Waals surface area contributed by atoms with Gasteiger partial charge >= 0.3 is 0 Å². The highest BCUT2D eigenvalue weighted by atomic mass is 127. The monoisotopic (exact) mass is 396 g/mol. The fraction of sp³-hybridized carbons (Fsp3) is 0.857. The number of nitrogens with zero attached hydrogens (tertiary/aromatic N) is 1. The first-order valence-electron chi connectivity index (χ1n) is 7.24. The van der Waals surface area contributed by atoms with Crippen molar-refractivity contribution >= 4 is 35.8 Å². The molecule has 1 aliphatic carbocycles. The van der Waals surface area contributed by atoms with Crippen LogP contribution in [0.2, 0.25) is 0 Å². The number of guanidine groups is 1. The van der Waals surface area contributed by atoms with Gasteiger partial charge in [0.2, 0.25) is 5.91 Å². The average Bonchev–Trinajstić information content (AvgIpc) is 3.13. The lowest BCUT2D eigenvalue weighted by molar-refractivity contribution is -0.128. The van der Waals surface area contributed by atoms with E-state index in [1.54, 1.807) is 0 Å². The van der Waals surface area contributed by atoms with Gasteiger partial charge in [0.05, 0.1) is 0 Å². The summed E-state index contributed by atoms with van der Waals surface area (Å²) in [5, 5.41) is 9.36. The SMILES string of the molecule is CCNC(=NCC1CC1)NCCNC(=O)C(C)(C)C.I. The van der Waals surface area contributed by atoms with E-state index in [4.69, 9.17) is 0 Å². The van der Waals surface area contributed by atoms with E-state index in [1.165, 1.54) is 12.8 Å². The Hall–Kier alpha value is -0.530. The van der Waals surface area contributed by atoms with Gasteiger partial charge in [-0.05, 0) is 25.7 Å². The Morgan fingerprint density at radius 1 is 1.15 bits per heavy atom. The van der Waals surface area contributed by atoms with Crippen molar-refractivity contribution in [2.45, 2.75) is 40.5 Å². The molecule has 0 radical (unpaired) electrons. The van der Waals surface area contributed by atoms with Crippen molar-refractivity contribution in [3.63, 3.8) is 0 Å². The van der Waals surface area contributed by atoms with Crippen LogP contribution < -0.4 is 16.0 Å². The molecule has 5 nitrogen and oxygen atoms in total. The predicted molar refractivity (Wildman–Crippen MR) is 94.6 cm³/mol. The van der Waals surface area contributed by atoms with Gasteiger partial charge < -0.3 is 16.0 Å². The van der Waals surface area contributed by atoms with E-state index in [-0.39, 0.29) is 35.3 Å². The summed E-state index contributed by atoms with van der Waals surface area (Å²) in [6.45, 7) is 10.9. The summed E-state index contributed by atoms with van der Waals surface area (Å²) in [6.07, 6.45) is 2.62. The highest BCUT2D eigenvalue weighted by Gasteiger charge is 2.21. The number of hydrogen-bond donors (Lipinski definition) is 3. The van der Waals surface area contributed by atoms with E-state index in [2.05, 4.69) is 27.9 Å². The molecule has 0 aliphatic heterocycles. The van der Waals surface area contributed by atoms with Crippen molar-refractivity contribution in [1.29, 1.82) is 0 Å². The number of carbonyl (C=O) groups is 1. The van der Waals surface area contributed by atoms with E-state index in [1.807, 2.05) is 20.8 Å². The van der Waals surface area contributed by atoms with E-state index < -0.39 is 0 Å². The average molecular weight is 396 g/mol. The van der Waals surface area contributed by atoms with Gasteiger partial charge in [0.25, 0.3) is 0 Å². The summed E-state index contributed by atoms with van der Waals surface area (Å²) < 4.78 is 0. The lowest BCUT2D eigenvalue weighted by atomic mass is 9.96. The van der Waals surface area contributed by atoms with Crippen molar-refractivity contribution in [2.75, 3.05) is 26.2 Å². The zero-order chi connectivity index (χ0) is 14.3. The third-order valence-electron chi connectivity index (χ3n) is 2.93. The zero-order valence-corrected chi connectivity index (χ0v) is 15.4. The van der Waals surface area contributed by atoms with Crippen molar-refractivity contribution in [2.24, 2.45) is 16.3 Å². The number of carbonyl (C=O) groups excluding carboxylic acids is 1. The first-order valence-corrected chi connectivity index (χ1v) is 7.24. The van der Waals surface area contributed by atoms with E-state index in [0.29, 0.717) is 13.1 Å². The molecule has 1 fully saturated rings. The van der Waals surface area contributed by atoms with Crippen LogP contribution in [0.15, 0.2) is 4.99 Å². The fourth-order valence-electron chi connectivity index (χ4n) is 1.48. The van der Waals surface area contributed by atoms with Crippen LogP contribution in [-0.2, 0) is 4.79 Å². The highest BCUT2D eigenvalue weighted by molar-refractivity contribution is 14.0. The number of amides is 1. The second-order valence-electron chi connectivity index (χ2n) is 6.10. The van der Waals surface area contributed by atoms with Gasteiger partial charge in [0.15, 0.2) is 5.96 Å². The molecule has 0 bridgehead atoms. The highest BCUT2D eigenvalue weighted by Crippen LogP contribution is 2.28. The molecule has 0 aromatic heterocycles. The molecule has 0 heterocycles. The molecule has 6 heteroatoms. The summed E-state index contributed by atoms with van der Waals surface area (Å²) in [5.74, 6) is 1.71. The van der Waals surface area contributed by atoms with Crippen molar-refractivity contribution in [3.8, 4) is 0 Å². The van der Waals surface area contributed by atoms with Crippen LogP contribution in [0.25, 0.3) is 0 Å². The van der Waals surface area contributed by atoms with Gasteiger partial charge in [-0.3, -0.25) is 9.79 Å². The second kappa shape index (κ2) is 9.41. The van der Waals surface area contributed by atoms with Crippen LogP contribution in [-0.4, -0.2) is 38.0 Å². The largest absolute Gasteiger partial charge is 0.357 e. The third kappa shape index (κ3) is 8.60. The van der Waals surface area contributed by atoms with Gasteiger partial charge in [-0.25, -0.2) is 0 Å². The summed E-state index contributed by atoms with van der Waals surface area (Å²) >= 11 is 0. The number of nitrogens with one attached hydrogen (secondary N) is 3. The molecule has 20 heavy (non-hydrogen) atoms. The number of rotatable bonds is 6. The molecule has 1 rings (SSSR count). The second-order valence-corrected chi connectivity index (χ2v) is 6.10. The maximum absolute atomic E-state index is 11.7. The maximum Gasteiger partial charge on any atom is 0.225 e. The standard InChI is InChI=1S/C14H28N4O.HI/c1-5-15-13(18-10-11-6-7-11)17-9-8-16-12(19)14(2,3)4;/h11H,5-10H2,1-4H3,(H,16,19)(H2,15,17,18);1H. The van der Waals surface area contributed by atoms with E-state index in [9.17, 15) is 4.79 Å². The molecule has 0 aromatic carbocycles. The Kier molecular flexibility index (Phi) is 9.16. The molecule has 0 unspecified atom stereocenters. The van der Waals surface area contributed by atoms with Crippen LogP contribution in [0.5, 0.6) is 0 Å². The van der Waals surface area contributed by atoms with E-state index in [0.717, 1.165) is 25.0 Å². The minimum Gasteiger partial charge on any atom is -0.357 e. The molecule has 1 aliphatic rings.